The van der Waals surface area contributed by atoms with Gasteiger partial charge in [0.2, 0.25) is 0 Å². The third-order valence-corrected chi connectivity index (χ3v) is 6.93. The van der Waals surface area contributed by atoms with Crippen LogP contribution in [0.15, 0.2) is 12.2 Å². The molecule has 0 heterocycles. The molecule has 0 bridgehead atoms. The van der Waals surface area contributed by atoms with Crippen LogP contribution in [-0.2, 0) is 13.8 Å². The maximum absolute atomic E-state index is 10.6. The number of aliphatic hydroxyl groups excluding tert-OH is 1. The van der Waals surface area contributed by atoms with Crippen molar-refractivity contribution < 1.29 is 18.9 Å². The maximum atomic E-state index is 10.6. The van der Waals surface area contributed by atoms with Gasteiger partial charge in [0.05, 0.1) is 26.2 Å². The standard InChI is InChI=1S/C20H38O4P2/c1-2-22-13-7-6-10-16-17(20(24-26)14-18(16)21)11-12-19(23-25)15-8-4-3-5-9-15/h6-7,15-21H,2-5,8-14,25-26H2,1H3/b7-6-/t16-,17-,18+,19+,20-/m1/s1/i26T/t16-,17-,18+,19+,20-,26?. The summed E-state index contributed by atoms with van der Waals surface area (Å²) in [5.74, 6) is 1.14. The minimum Gasteiger partial charge on any atom is -0.393 e. The maximum Gasteiger partial charge on any atom is 0.0851 e. The van der Waals surface area contributed by atoms with Crippen molar-refractivity contribution in [3.8, 4) is 0 Å². The van der Waals surface area contributed by atoms with Gasteiger partial charge in [-0.3, -0.25) is 0 Å². The number of allylic oxidation sites excluding steroid dienone is 1. The Morgan fingerprint density at radius 3 is 2.73 bits per heavy atom. The van der Waals surface area contributed by atoms with Crippen LogP contribution < -0.4 is 0 Å². The number of hydrogen-bond donors (Lipinski definition) is 1. The molecule has 0 aromatic carbocycles. The molecule has 4 nitrogen and oxygen atoms in total. The average molecular weight is 406 g/mol. The van der Waals surface area contributed by atoms with E-state index >= 15 is 0 Å². The Balaban J connectivity index is 1.93. The van der Waals surface area contributed by atoms with Crippen LogP contribution in [0.25, 0.3) is 0 Å². The largest absolute Gasteiger partial charge is 0.393 e. The molecule has 2 fully saturated rings. The van der Waals surface area contributed by atoms with Gasteiger partial charge in [0.25, 0.3) is 0 Å². The van der Waals surface area contributed by atoms with Crippen molar-refractivity contribution >= 4 is 18.9 Å². The second-order valence-corrected chi connectivity index (χ2v) is 8.31. The topological polar surface area (TPSA) is 47.9 Å². The summed E-state index contributed by atoms with van der Waals surface area (Å²) in [6.45, 7) is 3.34. The zero-order valence-corrected chi connectivity index (χ0v) is 18.3. The first-order chi connectivity index (χ1) is 13.2. The molecule has 0 aliphatic heterocycles. The molecular formula is C20H38O4P2. The van der Waals surface area contributed by atoms with Crippen molar-refractivity contribution in [2.75, 3.05) is 13.2 Å². The van der Waals surface area contributed by atoms with Gasteiger partial charge in [-0.15, -0.1) is 0 Å². The number of hydrogen-bond acceptors (Lipinski definition) is 4. The summed E-state index contributed by atoms with van der Waals surface area (Å²) in [5, 5.41) is 10.6. The van der Waals surface area contributed by atoms with Gasteiger partial charge in [0.15, 0.2) is 0 Å². The Kier molecular flexibility index (Phi) is 10.4. The Morgan fingerprint density at radius 2 is 2.04 bits per heavy atom. The number of rotatable bonds is 12. The summed E-state index contributed by atoms with van der Waals surface area (Å²) in [7, 11) is 2.20. The van der Waals surface area contributed by atoms with Crippen LogP contribution in [0, 0.1) is 17.8 Å². The SMILES string of the molecule is [3H]PO[C@@H]1C[C@H](O)[C@H](C/C=C\COCC)[C@H]1CC[C@H](OP)C1CCCCC1. The molecule has 2 unspecified atom stereocenters. The fourth-order valence-electron chi connectivity index (χ4n) is 4.80. The average Bonchev–Trinajstić information content (AvgIpc) is 2.98. The highest BCUT2D eigenvalue weighted by atomic mass is 31.0. The van der Waals surface area contributed by atoms with E-state index in [1.54, 1.807) is 0 Å². The molecule has 0 saturated heterocycles. The zero-order valence-electron chi connectivity index (χ0n) is 17.1. The number of ether oxygens (including phenoxy) is 1. The Morgan fingerprint density at radius 1 is 1.23 bits per heavy atom. The predicted molar refractivity (Wildman–Crippen MR) is 113 cm³/mol. The molecule has 0 aromatic heterocycles. The molecule has 0 aromatic rings. The van der Waals surface area contributed by atoms with E-state index in [0.717, 1.165) is 25.9 Å². The first kappa shape index (κ1) is 21.2. The van der Waals surface area contributed by atoms with Gasteiger partial charge in [-0.05, 0) is 56.8 Å². The number of aliphatic hydroxyl groups is 1. The molecule has 152 valence electrons. The van der Waals surface area contributed by atoms with E-state index in [-0.39, 0.29) is 33.6 Å². The first-order valence-corrected chi connectivity index (χ1v) is 11.2. The highest BCUT2D eigenvalue weighted by Crippen LogP contribution is 2.42. The summed E-state index contributed by atoms with van der Waals surface area (Å²) in [5.41, 5.74) is 0. The van der Waals surface area contributed by atoms with Crippen LogP contribution >= 0.6 is 18.9 Å². The van der Waals surface area contributed by atoms with Crippen molar-refractivity contribution in [3.05, 3.63) is 12.2 Å². The monoisotopic (exact) mass is 406 g/mol. The van der Waals surface area contributed by atoms with E-state index < -0.39 is 0 Å². The van der Waals surface area contributed by atoms with Gasteiger partial charge >= 0.3 is 0 Å². The van der Waals surface area contributed by atoms with Gasteiger partial charge in [-0.25, -0.2) is 0 Å². The van der Waals surface area contributed by atoms with Gasteiger partial charge in [-0.2, -0.15) is 0 Å². The van der Waals surface area contributed by atoms with Crippen molar-refractivity contribution in [1.29, 1.82) is 1.28 Å². The molecule has 0 amide bonds. The lowest BCUT2D eigenvalue weighted by Gasteiger charge is -2.31. The zero-order chi connectivity index (χ0) is 19.5. The third kappa shape index (κ3) is 6.80. The second kappa shape index (κ2) is 12.8. The quantitative estimate of drug-likeness (QED) is 0.291. The summed E-state index contributed by atoms with van der Waals surface area (Å²) in [6.07, 6.45) is 14.1. The minimum absolute atomic E-state index is 0.00219. The van der Waals surface area contributed by atoms with Gasteiger partial charge in [0.1, 0.15) is 0 Å². The highest BCUT2D eigenvalue weighted by Gasteiger charge is 2.42. The lowest BCUT2D eigenvalue weighted by Crippen LogP contribution is -2.27. The van der Waals surface area contributed by atoms with Gasteiger partial charge in [0, 0.05) is 31.9 Å². The van der Waals surface area contributed by atoms with E-state index in [9.17, 15) is 5.11 Å². The molecule has 6 heteroatoms. The van der Waals surface area contributed by atoms with Crippen LogP contribution in [0.1, 0.15) is 64.7 Å². The Labute approximate surface area is 165 Å². The van der Waals surface area contributed by atoms with Crippen molar-refractivity contribution in [2.24, 2.45) is 17.8 Å². The molecule has 1 N–H and O–H groups in total. The van der Waals surface area contributed by atoms with Crippen molar-refractivity contribution in [1.82, 2.24) is 0 Å². The minimum atomic E-state index is -0.349. The fourth-order valence-corrected chi connectivity index (χ4v) is 5.43. The van der Waals surface area contributed by atoms with Crippen LogP contribution in [-0.4, -0.2) is 37.9 Å². The second-order valence-electron chi connectivity index (χ2n) is 7.80. The van der Waals surface area contributed by atoms with Crippen molar-refractivity contribution in [2.45, 2.75) is 83.0 Å². The van der Waals surface area contributed by atoms with E-state index in [1.807, 2.05) is 13.0 Å². The summed E-state index contributed by atoms with van der Waals surface area (Å²) < 4.78 is 24.3. The smallest absolute Gasteiger partial charge is 0.0851 e. The first-order valence-electron chi connectivity index (χ1n) is 10.8. The Hall–Kier alpha value is 0.440. The molecule has 0 radical (unpaired) electrons. The summed E-state index contributed by atoms with van der Waals surface area (Å²) in [4.78, 5) is 0. The molecule has 2 aliphatic carbocycles. The van der Waals surface area contributed by atoms with Crippen LogP contribution in [0.4, 0.5) is 0 Å². The Bertz CT molecular complexity index is 421. The summed E-state index contributed by atoms with van der Waals surface area (Å²) >= 11 is 0. The van der Waals surface area contributed by atoms with Gasteiger partial charge in [-0.1, -0.05) is 31.4 Å². The fraction of sp³-hybridized carbons (Fsp3) is 0.900. The molecule has 0 spiro atoms. The van der Waals surface area contributed by atoms with Crippen LogP contribution in [0.2, 0.25) is 0 Å². The molecule has 2 aliphatic rings. The third-order valence-electron chi connectivity index (χ3n) is 6.27. The van der Waals surface area contributed by atoms with E-state index in [0.29, 0.717) is 24.9 Å². The normalized spacial score (nSPS) is 32.7. The van der Waals surface area contributed by atoms with Gasteiger partial charge < -0.3 is 18.9 Å². The van der Waals surface area contributed by atoms with Crippen molar-refractivity contribution in [3.63, 3.8) is 0 Å². The highest BCUT2D eigenvalue weighted by molar-refractivity contribution is 7.10. The molecule has 7 atom stereocenters. The molecule has 2 rings (SSSR count). The molecular weight excluding hydrogens is 366 g/mol. The van der Waals surface area contributed by atoms with E-state index in [2.05, 4.69) is 15.5 Å². The molecule has 26 heavy (non-hydrogen) atoms. The van der Waals surface area contributed by atoms with E-state index in [4.69, 9.17) is 15.1 Å². The lowest BCUT2D eigenvalue weighted by molar-refractivity contribution is 0.0859. The predicted octanol–water partition coefficient (Wildman–Crippen LogP) is 4.68. The van der Waals surface area contributed by atoms with Crippen LogP contribution in [0.5, 0.6) is 0 Å². The molecule has 2 saturated carbocycles. The van der Waals surface area contributed by atoms with Crippen LogP contribution in [0.3, 0.4) is 0 Å². The summed E-state index contributed by atoms with van der Waals surface area (Å²) in [6, 6.07) is 0. The lowest BCUT2D eigenvalue weighted by atomic mass is 9.80. The van der Waals surface area contributed by atoms with E-state index in [1.165, 1.54) is 32.1 Å².